The maximum Gasteiger partial charge on any atom is 0.118 e. The van der Waals surface area contributed by atoms with Gasteiger partial charge in [0.2, 0.25) is 0 Å². The largest absolute Gasteiger partial charge is 0.497 e. The Bertz CT molecular complexity index is 272. The van der Waals surface area contributed by atoms with Gasteiger partial charge in [0.15, 0.2) is 0 Å². The normalized spacial score (nSPS) is 14.0. The zero-order valence-corrected chi connectivity index (χ0v) is 9.17. The monoisotopic (exact) mass is 217 g/mol. The van der Waals surface area contributed by atoms with Crippen LogP contribution in [0.4, 0.5) is 0 Å². The van der Waals surface area contributed by atoms with E-state index in [1.165, 1.54) is 0 Å². The Balaban J connectivity index is 0.00000169. The fourth-order valence-electron chi connectivity index (χ4n) is 1.07. The quantitative estimate of drug-likeness (QED) is 0.802. The van der Waals surface area contributed by atoms with Gasteiger partial charge < -0.3 is 15.6 Å². The van der Waals surface area contributed by atoms with E-state index in [9.17, 15) is 5.11 Å². The average Bonchev–Trinajstić information content (AvgIpc) is 2.18. The van der Waals surface area contributed by atoms with Crippen LogP contribution in [0.25, 0.3) is 0 Å². The van der Waals surface area contributed by atoms with E-state index in [0.29, 0.717) is 0 Å². The van der Waals surface area contributed by atoms with Crippen LogP contribution in [0.5, 0.6) is 5.75 Å². The van der Waals surface area contributed by atoms with Crippen LogP contribution in [0.3, 0.4) is 0 Å². The Morgan fingerprint density at radius 2 is 1.86 bits per heavy atom. The van der Waals surface area contributed by atoms with Crippen molar-refractivity contribution < 1.29 is 9.84 Å². The number of halogens is 1. The number of ether oxygens (including phenoxy) is 1. The molecule has 0 aliphatic carbocycles. The van der Waals surface area contributed by atoms with E-state index >= 15 is 0 Å². The first-order valence-corrected chi connectivity index (χ1v) is 4.17. The third-order valence-electron chi connectivity index (χ3n) is 2.11. The standard InChI is InChI=1S/C10H15NO2.ClH/c1-10(12,7-11)8-3-5-9(13-2)6-4-8;/h3-6,12H,7,11H2,1-2H3;1H/t10-;/m0./s1. The van der Waals surface area contributed by atoms with Gasteiger partial charge in [-0.25, -0.2) is 0 Å². The van der Waals surface area contributed by atoms with Gasteiger partial charge in [-0.15, -0.1) is 12.4 Å². The second-order valence-corrected chi connectivity index (χ2v) is 3.21. The number of rotatable bonds is 3. The highest BCUT2D eigenvalue weighted by molar-refractivity contribution is 5.85. The van der Waals surface area contributed by atoms with Crippen LogP contribution in [-0.2, 0) is 5.60 Å². The van der Waals surface area contributed by atoms with Crippen molar-refractivity contribution in [3.05, 3.63) is 29.8 Å². The van der Waals surface area contributed by atoms with Gasteiger partial charge in [-0.05, 0) is 24.6 Å². The summed E-state index contributed by atoms with van der Waals surface area (Å²) < 4.78 is 5.00. The second-order valence-electron chi connectivity index (χ2n) is 3.21. The number of hydrogen-bond acceptors (Lipinski definition) is 3. The summed E-state index contributed by atoms with van der Waals surface area (Å²) in [6.45, 7) is 1.90. The zero-order valence-electron chi connectivity index (χ0n) is 8.36. The van der Waals surface area contributed by atoms with E-state index < -0.39 is 5.60 Å². The van der Waals surface area contributed by atoms with Gasteiger partial charge in [0.25, 0.3) is 0 Å². The summed E-state index contributed by atoms with van der Waals surface area (Å²) in [7, 11) is 1.61. The van der Waals surface area contributed by atoms with Crippen molar-refractivity contribution in [3.8, 4) is 5.75 Å². The summed E-state index contributed by atoms with van der Waals surface area (Å²) in [5.41, 5.74) is 5.28. The number of benzene rings is 1. The Hall–Kier alpha value is -0.770. The van der Waals surface area contributed by atoms with Gasteiger partial charge >= 0.3 is 0 Å². The Morgan fingerprint density at radius 1 is 1.36 bits per heavy atom. The van der Waals surface area contributed by atoms with Crippen molar-refractivity contribution in [1.82, 2.24) is 0 Å². The molecule has 3 nitrogen and oxygen atoms in total. The van der Waals surface area contributed by atoms with Crippen LogP contribution in [-0.4, -0.2) is 18.8 Å². The van der Waals surface area contributed by atoms with Crippen LogP contribution < -0.4 is 10.5 Å². The fourth-order valence-corrected chi connectivity index (χ4v) is 1.07. The van der Waals surface area contributed by atoms with Crippen LogP contribution in [0, 0.1) is 0 Å². The van der Waals surface area contributed by atoms with Crippen molar-refractivity contribution in [2.24, 2.45) is 5.73 Å². The lowest BCUT2D eigenvalue weighted by atomic mass is 9.96. The molecule has 0 spiro atoms. The lowest BCUT2D eigenvalue weighted by Gasteiger charge is -2.21. The molecular weight excluding hydrogens is 202 g/mol. The van der Waals surface area contributed by atoms with Gasteiger partial charge in [-0.3, -0.25) is 0 Å². The molecule has 0 heterocycles. The number of nitrogens with two attached hydrogens (primary N) is 1. The van der Waals surface area contributed by atoms with Crippen molar-refractivity contribution in [1.29, 1.82) is 0 Å². The Morgan fingerprint density at radius 3 is 2.21 bits per heavy atom. The summed E-state index contributed by atoms with van der Waals surface area (Å²) in [6.07, 6.45) is 0. The van der Waals surface area contributed by atoms with Gasteiger partial charge in [-0.1, -0.05) is 12.1 Å². The molecule has 1 rings (SSSR count). The molecular formula is C10H16ClNO2. The van der Waals surface area contributed by atoms with E-state index in [-0.39, 0.29) is 19.0 Å². The highest BCUT2D eigenvalue weighted by Gasteiger charge is 2.20. The molecule has 0 amide bonds. The van der Waals surface area contributed by atoms with Crippen LogP contribution >= 0.6 is 12.4 Å². The average molecular weight is 218 g/mol. The van der Waals surface area contributed by atoms with Crippen molar-refractivity contribution in [2.75, 3.05) is 13.7 Å². The predicted molar refractivity (Wildman–Crippen MR) is 58.9 cm³/mol. The van der Waals surface area contributed by atoms with Crippen molar-refractivity contribution >= 4 is 12.4 Å². The molecule has 3 N–H and O–H groups in total. The van der Waals surface area contributed by atoms with Gasteiger partial charge in [0.05, 0.1) is 12.7 Å². The summed E-state index contributed by atoms with van der Waals surface area (Å²) in [5.74, 6) is 0.775. The molecule has 0 saturated carbocycles. The van der Waals surface area contributed by atoms with Crippen molar-refractivity contribution in [2.45, 2.75) is 12.5 Å². The van der Waals surface area contributed by atoms with E-state index in [0.717, 1.165) is 11.3 Å². The summed E-state index contributed by atoms with van der Waals surface area (Å²) in [4.78, 5) is 0. The topological polar surface area (TPSA) is 55.5 Å². The third-order valence-corrected chi connectivity index (χ3v) is 2.11. The van der Waals surface area contributed by atoms with Crippen LogP contribution in [0.1, 0.15) is 12.5 Å². The molecule has 0 bridgehead atoms. The fraction of sp³-hybridized carbons (Fsp3) is 0.400. The molecule has 80 valence electrons. The van der Waals surface area contributed by atoms with Crippen LogP contribution in [0.15, 0.2) is 24.3 Å². The van der Waals surface area contributed by atoms with E-state index in [2.05, 4.69) is 0 Å². The van der Waals surface area contributed by atoms with Gasteiger partial charge in [0, 0.05) is 6.54 Å². The zero-order chi connectivity index (χ0) is 9.90. The van der Waals surface area contributed by atoms with Gasteiger partial charge in [-0.2, -0.15) is 0 Å². The van der Waals surface area contributed by atoms with Crippen LogP contribution in [0.2, 0.25) is 0 Å². The van der Waals surface area contributed by atoms with E-state index in [4.69, 9.17) is 10.5 Å². The summed E-state index contributed by atoms with van der Waals surface area (Å²) >= 11 is 0. The minimum absolute atomic E-state index is 0. The molecule has 1 aromatic carbocycles. The molecule has 14 heavy (non-hydrogen) atoms. The highest BCUT2D eigenvalue weighted by Crippen LogP contribution is 2.21. The number of aliphatic hydroxyl groups is 1. The van der Waals surface area contributed by atoms with Gasteiger partial charge in [0.1, 0.15) is 5.75 Å². The second kappa shape index (κ2) is 5.20. The molecule has 0 aromatic heterocycles. The molecule has 0 saturated heterocycles. The molecule has 0 unspecified atom stereocenters. The summed E-state index contributed by atoms with van der Waals surface area (Å²) in [5, 5.41) is 9.79. The molecule has 0 fully saturated rings. The SMILES string of the molecule is COc1ccc([C@@](C)(O)CN)cc1.Cl. The molecule has 4 heteroatoms. The lowest BCUT2D eigenvalue weighted by Crippen LogP contribution is -2.31. The maximum absolute atomic E-state index is 9.79. The first-order chi connectivity index (χ1) is 6.10. The molecule has 0 aliphatic rings. The minimum Gasteiger partial charge on any atom is -0.497 e. The molecule has 1 aromatic rings. The third kappa shape index (κ3) is 2.87. The lowest BCUT2D eigenvalue weighted by molar-refractivity contribution is 0.0668. The molecule has 1 atom stereocenters. The smallest absolute Gasteiger partial charge is 0.118 e. The number of methoxy groups -OCH3 is 1. The van der Waals surface area contributed by atoms with E-state index in [1.807, 2.05) is 12.1 Å². The first kappa shape index (κ1) is 13.2. The first-order valence-electron chi connectivity index (χ1n) is 4.17. The molecule has 0 radical (unpaired) electrons. The summed E-state index contributed by atoms with van der Waals surface area (Å²) in [6, 6.07) is 7.23. The van der Waals surface area contributed by atoms with E-state index in [1.54, 1.807) is 26.2 Å². The predicted octanol–water partition coefficient (Wildman–Crippen LogP) is 1.28. The number of hydrogen-bond donors (Lipinski definition) is 2. The molecule has 0 aliphatic heterocycles. The highest BCUT2D eigenvalue weighted by atomic mass is 35.5. The van der Waals surface area contributed by atoms with Crippen molar-refractivity contribution in [3.63, 3.8) is 0 Å². The minimum atomic E-state index is -0.952. The Labute approximate surface area is 90.3 Å². The maximum atomic E-state index is 9.79. The Kier molecular flexibility index (Phi) is 4.91.